The van der Waals surface area contributed by atoms with Crippen LogP contribution >= 0.6 is 11.3 Å². The third-order valence-electron chi connectivity index (χ3n) is 6.73. The first kappa shape index (κ1) is 27.9. The van der Waals surface area contributed by atoms with E-state index in [1.54, 1.807) is 16.2 Å². The first-order chi connectivity index (χ1) is 18.2. The summed E-state index contributed by atoms with van der Waals surface area (Å²) in [6.45, 7) is 4.89. The van der Waals surface area contributed by atoms with Crippen LogP contribution in [0.5, 0.6) is 0 Å². The summed E-state index contributed by atoms with van der Waals surface area (Å²) in [5, 5.41) is 13.0. The molecule has 2 heterocycles. The highest BCUT2D eigenvalue weighted by molar-refractivity contribution is 7.89. The second-order valence-corrected chi connectivity index (χ2v) is 12.3. The molecule has 1 fully saturated rings. The molecule has 0 unspecified atom stereocenters. The molecular weight excluding hydrogens is 524 g/mol. The highest BCUT2D eigenvalue weighted by atomic mass is 32.2. The molecule has 1 aromatic heterocycles. The summed E-state index contributed by atoms with van der Waals surface area (Å²) in [5.74, 6) is -0.298. The molecule has 1 aliphatic heterocycles. The fourth-order valence-electron chi connectivity index (χ4n) is 4.46. The Morgan fingerprint density at radius 1 is 1.03 bits per heavy atom. The van der Waals surface area contributed by atoms with Gasteiger partial charge in [-0.25, -0.2) is 8.42 Å². The molecule has 38 heavy (non-hydrogen) atoms. The average Bonchev–Trinajstić information content (AvgIpc) is 3.58. The first-order valence-corrected chi connectivity index (χ1v) is 14.9. The lowest BCUT2D eigenvalue weighted by molar-refractivity contribution is -0.384. The van der Waals surface area contributed by atoms with Gasteiger partial charge in [-0.1, -0.05) is 30.3 Å². The van der Waals surface area contributed by atoms with Crippen molar-refractivity contribution < 1.29 is 18.1 Å². The van der Waals surface area contributed by atoms with E-state index in [4.69, 9.17) is 0 Å². The number of hydrogen-bond acceptors (Lipinski definition) is 7. The molecule has 1 amide bonds. The Balaban J connectivity index is 1.59. The van der Waals surface area contributed by atoms with Gasteiger partial charge in [-0.05, 0) is 67.6 Å². The number of non-ortho nitro benzene ring substituents is 1. The lowest BCUT2D eigenvalue weighted by Crippen LogP contribution is -2.45. The van der Waals surface area contributed by atoms with E-state index in [9.17, 15) is 23.3 Å². The third kappa shape index (κ3) is 7.04. The number of sulfonamides is 1. The van der Waals surface area contributed by atoms with Gasteiger partial charge in [0.05, 0.1) is 22.9 Å². The van der Waals surface area contributed by atoms with Gasteiger partial charge in [0.2, 0.25) is 15.9 Å². The molecule has 0 bridgehead atoms. The van der Waals surface area contributed by atoms with Gasteiger partial charge in [0.15, 0.2) is 0 Å². The van der Waals surface area contributed by atoms with Crippen molar-refractivity contribution in [2.45, 2.75) is 37.8 Å². The van der Waals surface area contributed by atoms with Crippen LogP contribution in [-0.4, -0.2) is 66.1 Å². The zero-order valence-corrected chi connectivity index (χ0v) is 23.0. The molecule has 0 aliphatic carbocycles. The number of carbonyl (C=O) groups excluding carboxylic acids is 1. The number of carbonyl (C=O) groups is 1. The maximum Gasteiger partial charge on any atom is 0.269 e. The van der Waals surface area contributed by atoms with Crippen molar-refractivity contribution in [2.75, 3.05) is 32.7 Å². The van der Waals surface area contributed by atoms with Crippen molar-refractivity contribution in [1.29, 1.82) is 0 Å². The number of aryl methyl sites for hydroxylation is 1. The Morgan fingerprint density at radius 3 is 2.32 bits per heavy atom. The third-order valence-corrected chi connectivity index (χ3v) is 9.60. The normalized spacial score (nSPS) is 14.2. The molecule has 202 valence electrons. The maximum absolute atomic E-state index is 13.7. The number of hydrogen-bond donors (Lipinski definition) is 0. The van der Waals surface area contributed by atoms with Crippen LogP contribution in [0, 0.1) is 17.0 Å². The summed E-state index contributed by atoms with van der Waals surface area (Å²) in [6.07, 6.45) is 2.14. The van der Waals surface area contributed by atoms with Crippen molar-refractivity contribution in [3.8, 4) is 0 Å². The van der Waals surface area contributed by atoms with Gasteiger partial charge < -0.3 is 9.80 Å². The molecule has 4 rings (SSSR count). The lowest BCUT2D eigenvalue weighted by Gasteiger charge is -2.28. The van der Waals surface area contributed by atoms with Crippen LogP contribution in [0.2, 0.25) is 0 Å². The number of benzene rings is 2. The molecule has 1 aliphatic rings. The smallest absolute Gasteiger partial charge is 0.269 e. The molecule has 0 N–H and O–H groups in total. The Hall–Kier alpha value is -3.12. The van der Waals surface area contributed by atoms with Crippen molar-refractivity contribution in [3.05, 3.63) is 92.2 Å². The number of amides is 1. The van der Waals surface area contributed by atoms with E-state index in [1.807, 2.05) is 48.7 Å². The number of nitro benzene ring substituents is 1. The zero-order valence-electron chi connectivity index (χ0n) is 21.4. The van der Waals surface area contributed by atoms with Gasteiger partial charge in [-0.2, -0.15) is 4.31 Å². The van der Waals surface area contributed by atoms with Crippen molar-refractivity contribution in [3.63, 3.8) is 0 Å². The Kier molecular flexibility index (Phi) is 9.26. The summed E-state index contributed by atoms with van der Waals surface area (Å²) < 4.78 is 28.6. The number of likely N-dealkylation sites (tertiary alicyclic amines) is 1. The number of thiophene rings is 1. The summed E-state index contributed by atoms with van der Waals surface area (Å²) in [5.41, 5.74) is 1.85. The van der Waals surface area contributed by atoms with E-state index in [-0.39, 0.29) is 29.6 Å². The fraction of sp³-hybridized carbons (Fsp3) is 0.370. The molecule has 1 saturated heterocycles. The van der Waals surface area contributed by atoms with Crippen LogP contribution < -0.4 is 0 Å². The second kappa shape index (κ2) is 12.6. The quantitative estimate of drug-likeness (QED) is 0.244. The molecule has 11 heteroatoms. The monoisotopic (exact) mass is 556 g/mol. The van der Waals surface area contributed by atoms with Gasteiger partial charge >= 0.3 is 0 Å². The van der Waals surface area contributed by atoms with Gasteiger partial charge in [0.1, 0.15) is 0 Å². The number of nitro groups is 1. The van der Waals surface area contributed by atoms with Gasteiger partial charge in [-0.3, -0.25) is 14.9 Å². The van der Waals surface area contributed by atoms with Crippen LogP contribution in [-0.2, 0) is 27.9 Å². The highest BCUT2D eigenvalue weighted by Crippen LogP contribution is 2.23. The van der Waals surface area contributed by atoms with Crippen LogP contribution in [0.1, 0.15) is 28.8 Å². The average molecular weight is 557 g/mol. The second-order valence-electron chi connectivity index (χ2n) is 9.40. The van der Waals surface area contributed by atoms with Crippen molar-refractivity contribution >= 4 is 33.0 Å². The molecular formula is C27H32N4O5S2. The van der Waals surface area contributed by atoms with Crippen LogP contribution in [0.25, 0.3) is 0 Å². The van der Waals surface area contributed by atoms with Crippen LogP contribution in [0.3, 0.4) is 0 Å². The van der Waals surface area contributed by atoms with Gasteiger partial charge in [0.25, 0.3) is 5.69 Å². The molecule has 0 atom stereocenters. The predicted octanol–water partition coefficient (Wildman–Crippen LogP) is 4.28. The topological polar surface area (TPSA) is 104 Å². The number of rotatable bonds is 12. The molecule has 0 spiro atoms. The van der Waals surface area contributed by atoms with E-state index < -0.39 is 14.9 Å². The highest BCUT2D eigenvalue weighted by Gasteiger charge is 2.30. The zero-order chi connectivity index (χ0) is 27.1. The minimum atomic E-state index is -4.07. The van der Waals surface area contributed by atoms with E-state index in [0.29, 0.717) is 19.6 Å². The molecule has 0 radical (unpaired) electrons. The van der Waals surface area contributed by atoms with E-state index in [1.165, 1.54) is 28.6 Å². The summed E-state index contributed by atoms with van der Waals surface area (Å²) in [7, 11) is -4.07. The molecule has 9 nitrogen and oxygen atoms in total. The maximum atomic E-state index is 13.7. The largest absolute Gasteiger partial charge is 0.332 e. The van der Waals surface area contributed by atoms with Crippen LogP contribution in [0.4, 0.5) is 5.69 Å². The van der Waals surface area contributed by atoms with Crippen LogP contribution in [0.15, 0.2) is 70.9 Å². The minimum absolute atomic E-state index is 0.0685. The van der Waals surface area contributed by atoms with Crippen molar-refractivity contribution in [1.82, 2.24) is 14.1 Å². The predicted molar refractivity (Wildman–Crippen MR) is 147 cm³/mol. The summed E-state index contributed by atoms with van der Waals surface area (Å²) in [4.78, 5) is 29.1. The standard InChI is InChI=1S/C27H32N4O5S2/c1-22-13-18-37-26(22)20-29(19-23-7-3-2-4-8-23)27(32)21-30(17-16-28-14-5-6-15-28)38(35,36)25-11-9-24(10-12-25)31(33)34/h2-4,7-13,18H,5-6,14-17,19-21H2,1H3. The van der Waals surface area contributed by atoms with E-state index in [2.05, 4.69) is 4.90 Å². The van der Waals surface area contributed by atoms with Crippen molar-refractivity contribution in [2.24, 2.45) is 0 Å². The number of nitrogens with zero attached hydrogens (tertiary/aromatic N) is 4. The Labute approximate surface area is 227 Å². The van der Waals surface area contributed by atoms with Gasteiger partial charge in [0, 0.05) is 36.6 Å². The van der Waals surface area contributed by atoms with E-state index in [0.717, 1.165) is 41.9 Å². The summed E-state index contributed by atoms with van der Waals surface area (Å²) >= 11 is 1.57. The SMILES string of the molecule is Cc1ccsc1CN(Cc1ccccc1)C(=O)CN(CCN1CCCC1)S(=O)(=O)c1ccc([N+](=O)[O-])cc1. The Morgan fingerprint density at radius 2 is 1.71 bits per heavy atom. The minimum Gasteiger partial charge on any atom is -0.332 e. The first-order valence-electron chi connectivity index (χ1n) is 12.6. The Bertz CT molecular complexity index is 1340. The molecule has 3 aromatic rings. The van der Waals surface area contributed by atoms with Gasteiger partial charge in [-0.15, -0.1) is 11.3 Å². The van der Waals surface area contributed by atoms with E-state index >= 15 is 0 Å². The molecule has 2 aromatic carbocycles. The lowest BCUT2D eigenvalue weighted by atomic mass is 10.2. The summed E-state index contributed by atoms with van der Waals surface area (Å²) in [6, 6.07) is 16.5. The molecule has 0 saturated carbocycles. The fourth-order valence-corrected chi connectivity index (χ4v) is 6.76.